The highest BCUT2D eigenvalue weighted by Gasteiger charge is 2.33. The van der Waals surface area contributed by atoms with E-state index in [1.165, 1.54) is 6.92 Å². The Morgan fingerprint density at radius 1 is 1.50 bits per heavy atom. The fraction of sp³-hybridized carbons (Fsp3) is 0.250. The predicted molar refractivity (Wildman–Crippen MR) is 43.7 cm³/mol. The van der Waals surface area contributed by atoms with Crippen molar-refractivity contribution in [3.8, 4) is 6.07 Å². The number of hydrogen-bond acceptors (Lipinski definition) is 2. The number of aromatic nitrogens is 1. The van der Waals surface area contributed by atoms with Crippen LogP contribution in [0.25, 0.3) is 0 Å². The monoisotopic (exact) mass is 220 g/mol. The summed E-state index contributed by atoms with van der Waals surface area (Å²) in [6, 6.07) is 2.48. The molecule has 0 amide bonds. The molecule has 1 aromatic heterocycles. The molecule has 1 aromatic rings. The van der Waals surface area contributed by atoms with Gasteiger partial charge >= 0.3 is 6.18 Å². The van der Waals surface area contributed by atoms with Gasteiger partial charge in [0.05, 0.1) is 5.56 Å². The summed E-state index contributed by atoms with van der Waals surface area (Å²) in [6.45, 7) is 1.38. The van der Waals surface area contributed by atoms with E-state index in [1.807, 2.05) is 0 Å². The summed E-state index contributed by atoms with van der Waals surface area (Å²) in [5.74, 6) is 0. The van der Waals surface area contributed by atoms with E-state index in [0.717, 1.165) is 6.07 Å². The Morgan fingerprint density at radius 2 is 2.07 bits per heavy atom. The average molecular weight is 221 g/mol. The first-order chi connectivity index (χ1) is 6.36. The molecule has 0 unspecified atom stereocenters. The van der Waals surface area contributed by atoms with Crippen LogP contribution in [0.4, 0.5) is 13.2 Å². The van der Waals surface area contributed by atoms with E-state index in [2.05, 4.69) is 4.98 Å². The van der Waals surface area contributed by atoms with Crippen molar-refractivity contribution in [3.63, 3.8) is 0 Å². The first kappa shape index (κ1) is 10.8. The van der Waals surface area contributed by atoms with E-state index in [0.29, 0.717) is 0 Å². The van der Waals surface area contributed by atoms with Crippen LogP contribution in [0.3, 0.4) is 0 Å². The van der Waals surface area contributed by atoms with E-state index in [4.69, 9.17) is 16.9 Å². The highest BCUT2D eigenvalue weighted by atomic mass is 35.5. The Balaban J connectivity index is 3.37. The second-order valence-corrected chi connectivity index (χ2v) is 2.96. The molecule has 0 N–H and O–H groups in total. The van der Waals surface area contributed by atoms with Crippen molar-refractivity contribution in [3.05, 3.63) is 28.0 Å². The van der Waals surface area contributed by atoms with E-state index in [-0.39, 0.29) is 11.1 Å². The Labute approximate surface area is 82.9 Å². The molecule has 0 aliphatic rings. The highest BCUT2D eigenvalue weighted by molar-refractivity contribution is 6.30. The largest absolute Gasteiger partial charge is 0.433 e. The quantitative estimate of drug-likeness (QED) is 0.631. The molecule has 6 heteroatoms. The van der Waals surface area contributed by atoms with Crippen molar-refractivity contribution in [2.24, 2.45) is 0 Å². The lowest BCUT2D eigenvalue weighted by Gasteiger charge is -2.07. The van der Waals surface area contributed by atoms with Crippen LogP contribution in [0, 0.1) is 18.3 Å². The SMILES string of the molecule is Cc1cc(C(F)(F)F)nc(Cl)c1C#N. The van der Waals surface area contributed by atoms with E-state index < -0.39 is 17.0 Å². The van der Waals surface area contributed by atoms with Gasteiger partial charge in [-0.3, -0.25) is 0 Å². The number of halogens is 4. The van der Waals surface area contributed by atoms with Gasteiger partial charge in [-0.2, -0.15) is 18.4 Å². The van der Waals surface area contributed by atoms with Gasteiger partial charge in [-0.05, 0) is 18.6 Å². The molecule has 0 aliphatic heterocycles. The lowest BCUT2D eigenvalue weighted by atomic mass is 10.1. The molecule has 0 fully saturated rings. The molecule has 0 saturated carbocycles. The van der Waals surface area contributed by atoms with Crippen molar-refractivity contribution in [1.29, 1.82) is 5.26 Å². The molecule has 1 rings (SSSR count). The summed E-state index contributed by atoms with van der Waals surface area (Å²) in [4.78, 5) is 3.09. The topological polar surface area (TPSA) is 36.7 Å². The summed E-state index contributed by atoms with van der Waals surface area (Å²) in [7, 11) is 0. The Hall–Kier alpha value is -1.28. The van der Waals surface area contributed by atoms with E-state index in [9.17, 15) is 13.2 Å². The van der Waals surface area contributed by atoms with Crippen molar-refractivity contribution in [1.82, 2.24) is 4.98 Å². The zero-order valence-corrected chi connectivity index (χ0v) is 7.74. The predicted octanol–water partition coefficient (Wildman–Crippen LogP) is 2.93. The molecule has 0 aliphatic carbocycles. The third-order valence-electron chi connectivity index (χ3n) is 1.57. The van der Waals surface area contributed by atoms with Crippen LogP contribution < -0.4 is 0 Å². The molecule has 14 heavy (non-hydrogen) atoms. The molecular formula is C8H4ClF3N2. The third-order valence-corrected chi connectivity index (χ3v) is 1.85. The van der Waals surface area contributed by atoms with Crippen molar-refractivity contribution < 1.29 is 13.2 Å². The van der Waals surface area contributed by atoms with Gasteiger partial charge < -0.3 is 0 Å². The Kier molecular flexibility index (Phi) is 2.67. The van der Waals surface area contributed by atoms with Crippen LogP contribution in [0.1, 0.15) is 16.8 Å². The minimum atomic E-state index is -4.54. The summed E-state index contributed by atoms with van der Waals surface area (Å²) in [6.07, 6.45) is -4.54. The lowest BCUT2D eigenvalue weighted by Crippen LogP contribution is -2.09. The fourth-order valence-electron chi connectivity index (χ4n) is 0.913. The van der Waals surface area contributed by atoms with Gasteiger partial charge in [-0.1, -0.05) is 11.6 Å². The average Bonchev–Trinajstić information content (AvgIpc) is 2.01. The van der Waals surface area contributed by atoms with Crippen molar-refractivity contribution in [2.45, 2.75) is 13.1 Å². The van der Waals surface area contributed by atoms with Crippen LogP contribution in [-0.2, 0) is 6.18 Å². The minimum Gasteiger partial charge on any atom is -0.230 e. The summed E-state index contributed by atoms with van der Waals surface area (Å²) in [5.41, 5.74) is -0.946. The number of pyridine rings is 1. The molecule has 0 spiro atoms. The smallest absolute Gasteiger partial charge is 0.230 e. The molecule has 0 aromatic carbocycles. The van der Waals surface area contributed by atoms with Gasteiger partial charge in [0.25, 0.3) is 0 Å². The first-order valence-corrected chi connectivity index (χ1v) is 3.88. The number of hydrogen-bond donors (Lipinski definition) is 0. The van der Waals surface area contributed by atoms with Crippen LogP contribution in [-0.4, -0.2) is 4.98 Å². The fourth-order valence-corrected chi connectivity index (χ4v) is 1.20. The lowest BCUT2D eigenvalue weighted by molar-refractivity contribution is -0.141. The minimum absolute atomic E-state index is 0.0281. The normalized spacial score (nSPS) is 11.1. The molecule has 1 heterocycles. The highest BCUT2D eigenvalue weighted by Crippen LogP contribution is 2.30. The van der Waals surface area contributed by atoms with Crippen molar-refractivity contribution in [2.75, 3.05) is 0 Å². The van der Waals surface area contributed by atoms with Gasteiger partial charge in [-0.15, -0.1) is 0 Å². The maximum absolute atomic E-state index is 12.2. The van der Waals surface area contributed by atoms with E-state index in [1.54, 1.807) is 6.07 Å². The zero-order valence-electron chi connectivity index (χ0n) is 6.98. The number of nitrogens with zero attached hydrogens (tertiary/aromatic N) is 2. The molecule has 0 saturated heterocycles. The van der Waals surface area contributed by atoms with Crippen LogP contribution >= 0.6 is 11.6 Å². The Morgan fingerprint density at radius 3 is 2.43 bits per heavy atom. The van der Waals surface area contributed by atoms with Crippen molar-refractivity contribution >= 4 is 11.6 Å². The number of aryl methyl sites for hydroxylation is 1. The maximum Gasteiger partial charge on any atom is 0.433 e. The number of nitriles is 1. The third kappa shape index (κ3) is 1.96. The van der Waals surface area contributed by atoms with Gasteiger partial charge in [0, 0.05) is 0 Å². The molecule has 74 valence electrons. The van der Waals surface area contributed by atoms with E-state index >= 15 is 0 Å². The van der Waals surface area contributed by atoms with Gasteiger partial charge in [0.2, 0.25) is 0 Å². The maximum atomic E-state index is 12.2. The first-order valence-electron chi connectivity index (χ1n) is 3.50. The van der Waals surface area contributed by atoms with Crippen LogP contribution in [0.5, 0.6) is 0 Å². The van der Waals surface area contributed by atoms with Crippen LogP contribution in [0.15, 0.2) is 6.07 Å². The molecule has 2 nitrogen and oxygen atoms in total. The molecular weight excluding hydrogens is 217 g/mol. The van der Waals surface area contributed by atoms with Gasteiger partial charge in [0.1, 0.15) is 16.9 Å². The number of alkyl halides is 3. The van der Waals surface area contributed by atoms with Crippen LogP contribution in [0.2, 0.25) is 5.15 Å². The summed E-state index contributed by atoms with van der Waals surface area (Å²) in [5, 5.41) is 8.12. The Bertz CT molecular complexity index is 383. The summed E-state index contributed by atoms with van der Waals surface area (Å²) < 4.78 is 36.5. The van der Waals surface area contributed by atoms with Gasteiger partial charge in [0.15, 0.2) is 0 Å². The molecule has 0 radical (unpaired) electrons. The zero-order chi connectivity index (χ0) is 10.9. The van der Waals surface area contributed by atoms with Gasteiger partial charge in [-0.25, -0.2) is 4.98 Å². The second kappa shape index (κ2) is 3.46. The summed E-state index contributed by atoms with van der Waals surface area (Å²) >= 11 is 5.41. The second-order valence-electron chi connectivity index (χ2n) is 2.60. The number of rotatable bonds is 0. The molecule has 0 atom stereocenters. The standard InChI is InChI=1S/C8H4ClF3N2/c1-4-2-6(8(10,11)12)14-7(9)5(4)3-13/h2H,1H3. The molecule has 0 bridgehead atoms.